The normalized spacial score (nSPS) is 30.5. The van der Waals surface area contributed by atoms with Crippen molar-refractivity contribution in [2.75, 3.05) is 24.9 Å². The summed E-state index contributed by atoms with van der Waals surface area (Å²) in [4.78, 5) is 19.5. The summed E-state index contributed by atoms with van der Waals surface area (Å²) < 4.78 is 1.90. The monoisotopic (exact) mass is 202 g/mol. The van der Waals surface area contributed by atoms with E-state index in [1.807, 2.05) is 17.8 Å². The highest BCUT2D eigenvalue weighted by Crippen LogP contribution is 2.39. The van der Waals surface area contributed by atoms with E-state index in [4.69, 9.17) is 7.98 Å². The Balaban J connectivity index is 2.15. The Hall–Kier alpha value is -1.30. The van der Waals surface area contributed by atoms with Crippen molar-refractivity contribution in [2.24, 2.45) is 0 Å². The number of fused-ring (bicyclic) bond motifs is 2. The Labute approximate surface area is 89.1 Å². The molecule has 1 aromatic rings. The van der Waals surface area contributed by atoms with E-state index in [1.165, 1.54) is 4.81 Å². The summed E-state index contributed by atoms with van der Waals surface area (Å²) in [6.45, 7) is 1.63. The fourth-order valence-electron chi connectivity index (χ4n) is 2.58. The standard InChI is InChI=1S/C9H11BN4O/c1-12-4-2-9(6-12)7(15)14(10)8-11-3-5-13(8)9/h3,5H,2,4,6H2,1H3. The molecule has 0 bridgehead atoms. The number of hydrogen-bond donors (Lipinski definition) is 0. The van der Waals surface area contributed by atoms with Crippen LogP contribution in [0.5, 0.6) is 0 Å². The molecule has 5 nitrogen and oxygen atoms in total. The molecule has 0 N–H and O–H groups in total. The van der Waals surface area contributed by atoms with E-state index >= 15 is 0 Å². The molecular weight excluding hydrogens is 191 g/mol. The minimum atomic E-state index is -0.505. The third-order valence-electron chi connectivity index (χ3n) is 3.35. The van der Waals surface area contributed by atoms with E-state index in [0.29, 0.717) is 12.5 Å². The number of nitrogens with zero attached hydrogens (tertiary/aromatic N) is 4. The van der Waals surface area contributed by atoms with Crippen LogP contribution in [0.15, 0.2) is 12.4 Å². The molecule has 76 valence electrons. The van der Waals surface area contributed by atoms with Crippen LogP contribution in [0.4, 0.5) is 5.95 Å². The highest BCUT2D eigenvalue weighted by molar-refractivity contribution is 6.33. The predicted octanol–water partition coefficient (Wildman–Crippen LogP) is -0.656. The molecule has 2 aliphatic rings. The second-order valence-electron chi connectivity index (χ2n) is 4.29. The molecule has 1 atom stereocenters. The molecule has 1 spiro atoms. The molecule has 1 amide bonds. The summed E-state index contributed by atoms with van der Waals surface area (Å²) in [5.41, 5.74) is -0.505. The van der Waals surface area contributed by atoms with Crippen molar-refractivity contribution in [3.63, 3.8) is 0 Å². The van der Waals surface area contributed by atoms with Gasteiger partial charge in [0.2, 0.25) is 13.9 Å². The van der Waals surface area contributed by atoms with Gasteiger partial charge < -0.3 is 14.3 Å². The van der Waals surface area contributed by atoms with Gasteiger partial charge in [-0.15, -0.1) is 0 Å². The number of aromatic nitrogens is 2. The number of rotatable bonds is 0. The summed E-state index contributed by atoms with van der Waals surface area (Å²) in [7, 11) is 7.73. The molecule has 6 heteroatoms. The number of imidazole rings is 1. The molecule has 0 saturated carbocycles. The molecule has 2 radical (unpaired) electrons. The maximum Gasteiger partial charge on any atom is 0.243 e. The Morgan fingerprint density at radius 3 is 3.07 bits per heavy atom. The maximum absolute atomic E-state index is 12.1. The zero-order valence-electron chi connectivity index (χ0n) is 8.55. The number of carbonyl (C=O) groups excluding carboxylic acids is 1. The lowest BCUT2D eigenvalue weighted by Gasteiger charge is -2.23. The topological polar surface area (TPSA) is 41.4 Å². The summed E-state index contributed by atoms with van der Waals surface area (Å²) >= 11 is 0. The van der Waals surface area contributed by atoms with Crippen molar-refractivity contribution < 1.29 is 4.79 Å². The summed E-state index contributed by atoms with van der Waals surface area (Å²) in [6, 6.07) is 0. The first-order valence-electron chi connectivity index (χ1n) is 4.97. The Morgan fingerprint density at radius 1 is 1.60 bits per heavy atom. The van der Waals surface area contributed by atoms with E-state index in [-0.39, 0.29) is 5.91 Å². The molecular formula is C9H11BN4O. The van der Waals surface area contributed by atoms with Gasteiger partial charge >= 0.3 is 0 Å². The molecule has 1 aromatic heterocycles. The first kappa shape index (κ1) is 8.97. The molecule has 3 rings (SSSR count). The van der Waals surface area contributed by atoms with Crippen LogP contribution < -0.4 is 4.81 Å². The van der Waals surface area contributed by atoms with Gasteiger partial charge in [-0.25, -0.2) is 4.98 Å². The van der Waals surface area contributed by atoms with Crippen molar-refractivity contribution in [1.29, 1.82) is 0 Å². The van der Waals surface area contributed by atoms with Crippen molar-refractivity contribution in [3.8, 4) is 0 Å². The molecule has 1 fully saturated rings. The SMILES string of the molecule is [B]N1C(=O)C2(CCN(C)C2)n2ccnc21. The first-order valence-corrected chi connectivity index (χ1v) is 4.97. The Morgan fingerprint density at radius 2 is 2.40 bits per heavy atom. The maximum atomic E-state index is 12.1. The fourth-order valence-corrected chi connectivity index (χ4v) is 2.58. The van der Waals surface area contributed by atoms with Gasteiger partial charge in [-0.1, -0.05) is 0 Å². The highest BCUT2D eigenvalue weighted by atomic mass is 16.2. The second-order valence-corrected chi connectivity index (χ2v) is 4.29. The lowest BCUT2D eigenvalue weighted by molar-refractivity contribution is -0.123. The highest BCUT2D eigenvalue weighted by Gasteiger charge is 2.52. The van der Waals surface area contributed by atoms with E-state index < -0.39 is 5.54 Å². The van der Waals surface area contributed by atoms with E-state index in [0.717, 1.165) is 13.0 Å². The quantitative estimate of drug-likeness (QED) is 0.524. The summed E-state index contributed by atoms with van der Waals surface area (Å²) in [5.74, 6) is 0.505. The van der Waals surface area contributed by atoms with Crippen molar-refractivity contribution in [1.82, 2.24) is 14.5 Å². The molecule has 0 aromatic carbocycles. The molecule has 1 saturated heterocycles. The van der Waals surface area contributed by atoms with Crippen LogP contribution in [0, 0.1) is 0 Å². The third kappa shape index (κ3) is 0.924. The largest absolute Gasteiger partial charge is 0.338 e. The predicted molar refractivity (Wildman–Crippen MR) is 55.6 cm³/mol. The number of hydrogen-bond acceptors (Lipinski definition) is 3. The van der Waals surface area contributed by atoms with Crippen LogP contribution in [0.25, 0.3) is 0 Å². The number of anilines is 1. The molecule has 15 heavy (non-hydrogen) atoms. The summed E-state index contributed by atoms with van der Waals surface area (Å²) in [5, 5.41) is 0. The number of likely N-dealkylation sites (tertiary alicyclic amines) is 1. The molecule has 3 heterocycles. The van der Waals surface area contributed by atoms with Crippen molar-refractivity contribution in [3.05, 3.63) is 12.4 Å². The number of amides is 1. The van der Waals surface area contributed by atoms with Crippen LogP contribution in [-0.2, 0) is 10.3 Å². The van der Waals surface area contributed by atoms with E-state index in [9.17, 15) is 4.79 Å². The fraction of sp³-hybridized carbons (Fsp3) is 0.556. The number of likely N-dealkylation sites (N-methyl/N-ethyl adjacent to an activating group) is 1. The number of carbonyl (C=O) groups is 1. The van der Waals surface area contributed by atoms with Gasteiger partial charge in [0.25, 0.3) is 0 Å². The van der Waals surface area contributed by atoms with Crippen LogP contribution in [0.3, 0.4) is 0 Å². The average Bonchev–Trinajstić information content (AvgIpc) is 2.85. The zero-order chi connectivity index (χ0) is 10.6. The summed E-state index contributed by atoms with van der Waals surface area (Å²) in [6.07, 6.45) is 4.32. The molecule has 1 unspecified atom stereocenters. The van der Waals surface area contributed by atoms with Gasteiger partial charge in [-0.05, 0) is 13.5 Å². The lowest BCUT2D eigenvalue weighted by Crippen LogP contribution is -2.44. The van der Waals surface area contributed by atoms with Crippen LogP contribution in [-0.4, -0.2) is 48.5 Å². The third-order valence-corrected chi connectivity index (χ3v) is 3.35. The minimum Gasteiger partial charge on any atom is -0.338 e. The smallest absolute Gasteiger partial charge is 0.243 e. The van der Waals surface area contributed by atoms with Crippen LogP contribution in [0.1, 0.15) is 6.42 Å². The minimum absolute atomic E-state index is 0.0463. The molecule has 2 aliphatic heterocycles. The van der Waals surface area contributed by atoms with Gasteiger partial charge in [-0.2, -0.15) is 0 Å². The van der Waals surface area contributed by atoms with Crippen molar-refractivity contribution >= 4 is 19.8 Å². The Bertz CT molecular complexity index is 432. The van der Waals surface area contributed by atoms with Crippen LogP contribution >= 0.6 is 0 Å². The van der Waals surface area contributed by atoms with Gasteiger partial charge in [0, 0.05) is 25.5 Å². The van der Waals surface area contributed by atoms with Gasteiger partial charge in [0.15, 0.2) is 5.95 Å². The first-order chi connectivity index (χ1) is 7.15. The van der Waals surface area contributed by atoms with E-state index in [1.54, 1.807) is 6.20 Å². The zero-order valence-corrected chi connectivity index (χ0v) is 8.55. The van der Waals surface area contributed by atoms with Gasteiger partial charge in [0.05, 0.1) is 0 Å². The van der Waals surface area contributed by atoms with Crippen LogP contribution in [0.2, 0.25) is 0 Å². The van der Waals surface area contributed by atoms with Gasteiger partial charge in [-0.3, -0.25) is 4.79 Å². The Kier molecular flexibility index (Phi) is 1.58. The molecule has 0 aliphatic carbocycles. The lowest BCUT2D eigenvalue weighted by atomic mass is 9.97. The van der Waals surface area contributed by atoms with Gasteiger partial charge in [0.1, 0.15) is 5.54 Å². The van der Waals surface area contributed by atoms with E-state index in [2.05, 4.69) is 9.88 Å². The second kappa shape index (κ2) is 2.63. The van der Waals surface area contributed by atoms with Crippen molar-refractivity contribution in [2.45, 2.75) is 12.0 Å². The average molecular weight is 202 g/mol.